The molecular weight excluding hydrogens is 346 g/mol. The number of hydrogen-bond acceptors (Lipinski definition) is 3. The predicted molar refractivity (Wildman–Crippen MR) is 93.8 cm³/mol. The molecule has 2 saturated heterocycles. The Labute approximate surface area is 140 Å². The fourth-order valence-corrected chi connectivity index (χ4v) is 5.09. The van der Waals surface area contributed by atoms with Gasteiger partial charge in [-0.15, -0.1) is 0 Å². The summed E-state index contributed by atoms with van der Waals surface area (Å²) < 4.78 is 7.35. The molecule has 4 heteroatoms. The predicted octanol–water partition coefficient (Wildman–Crippen LogP) is 4.45. The van der Waals surface area contributed by atoms with Crippen molar-refractivity contribution in [3.63, 3.8) is 0 Å². The van der Waals surface area contributed by atoms with Gasteiger partial charge < -0.3 is 10.5 Å². The van der Waals surface area contributed by atoms with Crippen LogP contribution in [0.5, 0.6) is 0 Å². The Hall–Kier alpha value is -0.0300. The summed E-state index contributed by atoms with van der Waals surface area (Å²) in [6.07, 6.45) is 4.61. The van der Waals surface area contributed by atoms with Gasteiger partial charge in [0.15, 0.2) is 0 Å². The summed E-state index contributed by atoms with van der Waals surface area (Å²) in [5.41, 5.74) is 9.25. The van der Waals surface area contributed by atoms with Gasteiger partial charge in [0, 0.05) is 17.1 Å². The molecule has 1 aromatic carbocycles. The molecule has 1 aromatic rings. The number of rotatable bonds is 2. The highest BCUT2D eigenvalue weighted by Crippen LogP contribution is 2.43. The van der Waals surface area contributed by atoms with E-state index in [-0.39, 0.29) is 11.6 Å². The molecule has 0 aromatic heterocycles. The zero-order chi connectivity index (χ0) is 14.9. The van der Waals surface area contributed by atoms with E-state index < -0.39 is 0 Å². The first kappa shape index (κ1) is 15.9. The molecule has 0 aliphatic carbocycles. The van der Waals surface area contributed by atoms with Crippen molar-refractivity contribution >= 4 is 27.7 Å². The van der Waals surface area contributed by atoms with E-state index in [1.54, 1.807) is 0 Å². The van der Waals surface area contributed by atoms with E-state index in [0.29, 0.717) is 5.92 Å². The van der Waals surface area contributed by atoms with Gasteiger partial charge in [-0.05, 0) is 67.2 Å². The number of aryl methyl sites for hydroxylation is 1. The third kappa shape index (κ3) is 3.49. The SMILES string of the molecule is Cc1cc(C(N)C2CCOC3(CCSCC3)C2)ccc1Br. The quantitative estimate of drug-likeness (QED) is 0.835. The fourth-order valence-electron chi connectivity index (χ4n) is 3.61. The van der Waals surface area contributed by atoms with Crippen LogP contribution >= 0.6 is 27.7 Å². The van der Waals surface area contributed by atoms with Crippen LogP contribution in [0.4, 0.5) is 0 Å². The highest BCUT2D eigenvalue weighted by atomic mass is 79.9. The normalized spacial score (nSPS) is 26.7. The first-order valence-corrected chi connectivity index (χ1v) is 9.78. The molecule has 21 heavy (non-hydrogen) atoms. The molecule has 116 valence electrons. The van der Waals surface area contributed by atoms with Gasteiger partial charge in [-0.3, -0.25) is 0 Å². The van der Waals surface area contributed by atoms with Crippen LogP contribution in [0.15, 0.2) is 22.7 Å². The summed E-state index contributed by atoms with van der Waals surface area (Å²) in [6, 6.07) is 6.65. The summed E-state index contributed by atoms with van der Waals surface area (Å²) >= 11 is 5.62. The molecule has 1 spiro atoms. The number of halogens is 1. The van der Waals surface area contributed by atoms with Crippen molar-refractivity contribution < 1.29 is 4.74 Å². The van der Waals surface area contributed by atoms with Crippen molar-refractivity contribution in [2.75, 3.05) is 18.1 Å². The maximum atomic E-state index is 6.60. The Morgan fingerprint density at radius 2 is 2.14 bits per heavy atom. The van der Waals surface area contributed by atoms with Crippen LogP contribution < -0.4 is 5.73 Å². The molecule has 0 amide bonds. The third-order valence-corrected chi connectivity index (χ3v) is 6.89. The van der Waals surface area contributed by atoms with E-state index in [9.17, 15) is 0 Å². The molecule has 2 aliphatic rings. The molecule has 2 fully saturated rings. The molecule has 2 aliphatic heterocycles. The average molecular weight is 370 g/mol. The van der Waals surface area contributed by atoms with Gasteiger partial charge in [-0.1, -0.05) is 28.1 Å². The van der Waals surface area contributed by atoms with E-state index in [2.05, 4.69) is 52.8 Å². The molecule has 2 nitrogen and oxygen atoms in total. The second-order valence-electron chi connectivity index (χ2n) is 6.43. The van der Waals surface area contributed by atoms with Gasteiger partial charge in [-0.2, -0.15) is 11.8 Å². The van der Waals surface area contributed by atoms with Crippen LogP contribution in [-0.4, -0.2) is 23.7 Å². The highest BCUT2D eigenvalue weighted by molar-refractivity contribution is 9.10. The van der Waals surface area contributed by atoms with Gasteiger partial charge >= 0.3 is 0 Å². The summed E-state index contributed by atoms with van der Waals surface area (Å²) in [6.45, 7) is 3.00. The highest BCUT2D eigenvalue weighted by Gasteiger charge is 2.40. The first-order valence-electron chi connectivity index (χ1n) is 7.83. The number of ether oxygens (including phenoxy) is 1. The van der Waals surface area contributed by atoms with Crippen molar-refractivity contribution in [1.29, 1.82) is 0 Å². The lowest BCUT2D eigenvalue weighted by molar-refractivity contribution is -0.105. The van der Waals surface area contributed by atoms with Gasteiger partial charge in [-0.25, -0.2) is 0 Å². The van der Waals surface area contributed by atoms with E-state index in [1.807, 2.05) is 0 Å². The average Bonchev–Trinajstić information content (AvgIpc) is 2.50. The molecule has 2 unspecified atom stereocenters. The molecule has 2 N–H and O–H groups in total. The Bertz CT molecular complexity index is 496. The lowest BCUT2D eigenvalue weighted by atomic mass is 9.77. The Morgan fingerprint density at radius 3 is 2.86 bits per heavy atom. The monoisotopic (exact) mass is 369 g/mol. The van der Waals surface area contributed by atoms with Gasteiger partial charge in [0.05, 0.1) is 5.60 Å². The summed E-state index contributed by atoms with van der Waals surface area (Å²) in [4.78, 5) is 0. The van der Waals surface area contributed by atoms with E-state index in [0.717, 1.165) is 23.9 Å². The molecule has 0 radical (unpaired) electrons. The molecule has 0 saturated carbocycles. The lowest BCUT2D eigenvalue weighted by Gasteiger charge is -2.44. The Balaban J connectivity index is 1.74. The topological polar surface area (TPSA) is 35.2 Å². The van der Waals surface area contributed by atoms with Gasteiger partial charge in [0.2, 0.25) is 0 Å². The maximum Gasteiger partial charge on any atom is 0.0701 e. The van der Waals surface area contributed by atoms with Crippen LogP contribution in [0.1, 0.15) is 42.9 Å². The third-order valence-electron chi connectivity index (χ3n) is 5.01. The van der Waals surface area contributed by atoms with Crippen molar-refractivity contribution in [1.82, 2.24) is 0 Å². The van der Waals surface area contributed by atoms with Gasteiger partial charge in [0.25, 0.3) is 0 Å². The van der Waals surface area contributed by atoms with Crippen LogP contribution in [0, 0.1) is 12.8 Å². The number of benzene rings is 1. The fraction of sp³-hybridized carbons (Fsp3) is 0.647. The van der Waals surface area contributed by atoms with Crippen LogP contribution in [-0.2, 0) is 4.74 Å². The molecule has 2 atom stereocenters. The molecule has 2 heterocycles. The number of thioether (sulfide) groups is 1. The van der Waals surface area contributed by atoms with Gasteiger partial charge in [0.1, 0.15) is 0 Å². The zero-order valence-electron chi connectivity index (χ0n) is 12.6. The minimum absolute atomic E-state index is 0.121. The van der Waals surface area contributed by atoms with Crippen LogP contribution in [0.25, 0.3) is 0 Å². The second kappa shape index (κ2) is 6.61. The lowest BCUT2D eigenvalue weighted by Crippen LogP contribution is -2.45. The standard InChI is InChI=1S/C17H24BrNOS/c1-12-10-13(2-3-15(12)18)16(19)14-4-7-20-17(11-14)5-8-21-9-6-17/h2-3,10,14,16H,4-9,11,19H2,1H3. The van der Waals surface area contributed by atoms with E-state index in [1.165, 1.54) is 35.5 Å². The largest absolute Gasteiger partial charge is 0.375 e. The Kier molecular flexibility index (Phi) is 4.99. The zero-order valence-corrected chi connectivity index (χ0v) is 15.0. The molecular formula is C17H24BrNOS. The van der Waals surface area contributed by atoms with Crippen molar-refractivity contribution in [3.8, 4) is 0 Å². The van der Waals surface area contributed by atoms with Crippen molar-refractivity contribution in [3.05, 3.63) is 33.8 Å². The maximum absolute atomic E-state index is 6.60. The molecule has 0 bridgehead atoms. The number of hydrogen-bond donors (Lipinski definition) is 1. The summed E-state index contributed by atoms with van der Waals surface area (Å²) in [5.74, 6) is 3.01. The smallest absolute Gasteiger partial charge is 0.0701 e. The van der Waals surface area contributed by atoms with E-state index in [4.69, 9.17) is 10.5 Å². The van der Waals surface area contributed by atoms with Crippen LogP contribution in [0.2, 0.25) is 0 Å². The summed E-state index contributed by atoms with van der Waals surface area (Å²) in [7, 11) is 0. The molecule has 3 rings (SSSR count). The first-order chi connectivity index (χ1) is 10.1. The minimum atomic E-state index is 0.121. The van der Waals surface area contributed by atoms with Crippen molar-refractivity contribution in [2.24, 2.45) is 11.7 Å². The van der Waals surface area contributed by atoms with Crippen molar-refractivity contribution in [2.45, 2.75) is 44.2 Å². The minimum Gasteiger partial charge on any atom is -0.375 e. The van der Waals surface area contributed by atoms with E-state index >= 15 is 0 Å². The number of nitrogens with two attached hydrogens (primary N) is 1. The van der Waals surface area contributed by atoms with Crippen LogP contribution in [0.3, 0.4) is 0 Å². The summed E-state index contributed by atoms with van der Waals surface area (Å²) in [5, 5.41) is 0. The second-order valence-corrected chi connectivity index (χ2v) is 8.51. The Morgan fingerprint density at radius 1 is 1.38 bits per heavy atom.